The third-order valence-electron chi connectivity index (χ3n) is 5.91. The molecule has 1 aliphatic carbocycles. The summed E-state index contributed by atoms with van der Waals surface area (Å²) in [7, 11) is 0. The van der Waals surface area contributed by atoms with Crippen molar-refractivity contribution in [3.63, 3.8) is 0 Å². The fourth-order valence-corrected chi connectivity index (χ4v) is 4.83. The van der Waals surface area contributed by atoms with Crippen LogP contribution in [-0.4, -0.2) is 30.8 Å². The Morgan fingerprint density at radius 3 is 2.03 bits per heavy atom. The van der Waals surface area contributed by atoms with Crippen molar-refractivity contribution < 1.29 is 9.59 Å². The average Bonchev–Trinajstić information content (AvgIpc) is 3.23. The second-order valence-electron chi connectivity index (χ2n) is 7.90. The third kappa shape index (κ3) is 3.41. The maximum Gasteiger partial charge on any atom is 0.211 e. The summed E-state index contributed by atoms with van der Waals surface area (Å²) in [4.78, 5) is 21.9. The van der Waals surface area contributed by atoms with Crippen molar-refractivity contribution in [2.45, 2.75) is 44.1 Å². The smallest absolute Gasteiger partial charge is 0.211 e. The SMILES string of the molecule is C[C@H](N)CC1(C2=NN=CC2)c2ccc(NC=O)cc2CCc2cc(NC=O)ccc21. The standard InChI is InChI=1S/C23H25N5O2/c1-15(24)12-23(22-8-9-27-28-22)20-6-4-18(25-13-29)10-16(20)2-3-17-11-19(26-14-30)5-7-21(17)23/h4-7,9-11,13-15H,2-3,8,12,24H2,1H3,(H,25,29)(H,26,30)/t15-/m0/s1. The molecule has 7 heteroatoms. The Morgan fingerprint density at radius 1 is 1.03 bits per heavy atom. The Hall–Kier alpha value is -3.32. The Morgan fingerprint density at radius 2 is 1.60 bits per heavy atom. The van der Waals surface area contributed by atoms with Crippen molar-refractivity contribution in [3.8, 4) is 0 Å². The van der Waals surface area contributed by atoms with E-state index in [0.717, 1.165) is 52.2 Å². The van der Waals surface area contributed by atoms with Crippen LogP contribution < -0.4 is 16.4 Å². The maximum atomic E-state index is 11.0. The number of rotatable bonds is 7. The zero-order valence-corrected chi connectivity index (χ0v) is 16.9. The molecule has 4 rings (SSSR count). The number of nitrogens with one attached hydrogen (secondary N) is 2. The summed E-state index contributed by atoms with van der Waals surface area (Å²) in [6, 6.07) is 12.0. The molecule has 30 heavy (non-hydrogen) atoms. The molecule has 1 atom stereocenters. The van der Waals surface area contributed by atoms with Gasteiger partial charge in [-0.25, -0.2) is 0 Å². The van der Waals surface area contributed by atoms with E-state index in [1.54, 1.807) is 0 Å². The molecule has 0 saturated carbocycles. The summed E-state index contributed by atoms with van der Waals surface area (Å²) < 4.78 is 0. The fraction of sp³-hybridized carbons (Fsp3) is 0.304. The number of carbonyl (C=O) groups is 2. The quantitative estimate of drug-likeness (QED) is 0.619. The summed E-state index contributed by atoms with van der Waals surface area (Å²) in [5.74, 6) is 0. The molecule has 0 fully saturated rings. The van der Waals surface area contributed by atoms with Crippen LogP contribution in [0.15, 0.2) is 46.6 Å². The number of benzene rings is 2. The predicted molar refractivity (Wildman–Crippen MR) is 119 cm³/mol. The largest absolute Gasteiger partial charge is 0.329 e. The van der Waals surface area contributed by atoms with Crippen molar-refractivity contribution in [1.82, 2.24) is 0 Å². The molecule has 1 heterocycles. The second kappa shape index (κ2) is 8.20. The number of hydrogen-bond acceptors (Lipinski definition) is 5. The minimum atomic E-state index is -0.523. The van der Waals surface area contributed by atoms with Crippen LogP contribution in [0.25, 0.3) is 0 Å². The van der Waals surface area contributed by atoms with Crippen molar-refractivity contribution >= 4 is 36.1 Å². The van der Waals surface area contributed by atoms with Crippen LogP contribution >= 0.6 is 0 Å². The van der Waals surface area contributed by atoms with Gasteiger partial charge in [0.1, 0.15) is 0 Å². The van der Waals surface area contributed by atoms with Crippen molar-refractivity contribution in [2.75, 3.05) is 10.6 Å². The highest BCUT2D eigenvalue weighted by Gasteiger charge is 2.44. The molecule has 2 aliphatic rings. The summed E-state index contributed by atoms with van der Waals surface area (Å²) >= 11 is 0. The van der Waals surface area contributed by atoms with Crippen LogP contribution in [0.2, 0.25) is 0 Å². The van der Waals surface area contributed by atoms with Gasteiger partial charge in [-0.2, -0.15) is 10.2 Å². The molecule has 2 aromatic rings. The summed E-state index contributed by atoms with van der Waals surface area (Å²) in [6.07, 6.45) is 6.15. The van der Waals surface area contributed by atoms with E-state index in [9.17, 15) is 9.59 Å². The highest BCUT2D eigenvalue weighted by Crippen LogP contribution is 2.46. The van der Waals surface area contributed by atoms with Crippen LogP contribution in [0.3, 0.4) is 0 Å². The first-order chi connectivity index (χ1) is 14.6. The highest BCUT2D eigenvalue weighted by molar-refractivity contribution is 6.08. The lowest BCUT2D eigenvalue weighted by molar-refractivity contribution is -0.106. The lowest BCUT2D eigenvalue weighted by Crippen LogP contribution is -2.42. The monoisotopic (exact) mass is 403 g/mol. The Balaban J connectivity index is 1.99. The summed E-state index contributed by atoms with van der Waals surface area (Å²) in [5, 5.41) is 14.2. The molecular weight excluding hydrogens is 378 g/mol. The molecule has 0 radical (unpaired) electrons. The molecule has 2 aromatic carbocycles. The number of fused-ring (bicyclic) bond motifs is 2. The first-order valence-corrected chi connectivity index (χ1v) is 10.1. The number of carbonyl (C=O) groups excluding carboxylic acids is 2. The van der Waals surface area contributed by atoms with Gasteiger partial charge in [0.25, 0.3) is 0 Å². The van der Waals surface area contributed by atoms with E-state index in [0.29, 0.717) is 25.7 Å². The van der Waals surface area contributed by atoms with Gasteiger partial charge in [0.2, 0.25) is 12.8 Å². The van der Waals surface area contributed by atoms with Crippen LogP contribution in [0, 0.1) is 0 Å². The molecule has 0 spiro atoms. The number of aryl methyl sites for hydroxylation is 2. The van der Waals surface area contributed by atoms with Gasteiger partial charge in [0, 0.05) is 30.1 Å². The molecule has 4 N–H and O–H groups in total. The van der Waals surface area contributed by atoms with Gasteiger partial charge < -0.3 is 16.4 Å². The van der Waals surface area contributed by atoms with Gasteiger partial charge in [-0.05, 0) is 72.7 Å². The Labute approximate surface area is 175 Å². The number of anilines is 2. The Kier molecular flexibility index (Phi) is 5.46. The van der Waals surface area contributed by atoms with E-state index in [1.165, 1.54) is 0 Å². The van der Waals surface area contributed by atoms with Crippen LogP contribution in [-0.2, 0) is 27.8 Å². The zero-order valence-electron chi connectivity index (χ0n) is 16.9. The van der Waals surface area contributed by atoms with E-state index >= 15 is 0 Å². The zero-order chi connectivity index (χ0) is 21.1. The van der Waals surface area contributed by atoms with Crippen molar-refractivity contribution in [2.24, 2.45) is 15.9 Å². The normalized spacial score (nSPS) is 17.2. The molecule has 0 bridgehead atoms. The lowest BCUT2D eigenvalue weighted by Gasteiger charge is -2.38. The van der Waals surface area contributed by atoms with Crippen LogP contribution in [0.1, 0.15) is 42.0 Å². The van der Waals surface area contributed by atoms with E-state index in [4.69, 9.17) is 5.73 Å². The fourth-order valence-electron chi connectivity index (χ4n) is 4.83. The van der Waals surface area contributed by atoms with E-state index < -0.39 is 5.41 Å². The highest BCUT2D eigenvalue weighted by atomic mass is 16.1. The van der Waals surface area contributed by atoms with E-state index in [2.05, 4.69) is 33.0 Å². The minimum absolute atomic E-state index is 0.0762. The second-order valence-corrected chi connectivity index (χ2v) is 7.90. The van der Waals surface area contributed by atoms with E-state index in [-0.39, 0.29) is 6.04 Å². The van der Waals surface area contributed by atoms with Gasteiger partial charge in [0.05, 0.1) is 11.1 Å². The molecule has 0 unspecified atom stereocenters. The molecule has 0 saturated heterocycles. The van der Waals surface area contributed by atoms with Crippen molar-refractivity contribution in [1.29, 1.82) is 0 Å². The average molecular weight is 403 g/mol. The molecule has 1 aliphatic heterocycles. The molecule has 2 amide bonds. The van der Waals surface area contributed by atoms with Gasteiger partial charge in [-0.15, -0.1) is 0 Å². The molecule has 7 nitrogen and oxygen atoms in total. The summed E-state index contributed by atoms with van der Waals surface area (Å²) in [5.41, 5.74) is 13.0. The first kappa shape index (κ1) is 20.0. The lowest BCUT2D eigenvalue weighted by atomic mass is 9.65. The molecule has 0 aromatic heterocycles. The number of amides is 2. The van der Waals surface area contributed by atoms with Gasteiger partial charge in [0.15, 0.2) is 0 Å². The van der Waals surface area contributed by atoms with Gasteiger partial charge in [-0.1, -0.05) is 12.1 Å². The number of nitrogens with two attached hydrogens (primary N) is 1. The minimum Gasteiger partial charge on any atom is -0.329 e. The van der Waals surface area contributed by atoms with E-state index in [1.807, 2.05) is 37.4 Å². The van der Waals surface area contributed by atoms with Crippen molar-refractivity contribution in [3.05, 3.63) is 58.7 Å². The third-order valence-corrected chi connectivity index (χ3v) is 5.91. The van der Waals surface area contributed by atoms with Gasteiger partial charge >= 0.3 is 0 Å². The number of nitrogens with zero attached hydrogens (tertiary/aromatic N) is 2. The topological polar surface area (TPSA) is 109 Å². The molecular formula is C23H25N5O2. The maximum absolute atomic E-state index is 11.0. The van der Waals surface area contributed by atoms with Crippen LogP contribution in [0.4, 0.5) is 11.4 Å². The number of hydrogen-bond donors (Lipinski definition) is 3. The summed E-state index contributed by atoms with van der Waals surface area (Å²) in [6.45, 7) is 2.01. The Bertz CT molecular complexity index is 980. The predicted octanol–water partition coefficient (Wildman–Crippen LogP) is 2.78. The van der Waals surface area contributed by atoms with Gasteiger partial charge in [-0.3, -0.25) is 9.59 Å². The molecule has 154 valence electrons. The first-order valence-electron chi connectivity index (χ1n) is 10.1. The van der Waals surface area contributed by atoms with Crippen LogP contribution in [0.5, 0.6) is 0 Å².